The Labute approximate surface area is 208 Å². The number of carbonyl (C=O) groups excluding carboxylic acids is 1. The van der Waals surface area contributed by atoms with E-state index in [1.54, 1.807) is 37.5 Å². The van der Waals surface area contributed by atoms with Crippen LogP contribution in [0.5, 0.6) is 17.2 Å². The van der Waals surface area contributed by atoms with Crippen LogP contribution in [0.4, 0.5) is 5.69 Å². The van der Waals surface area contributed by atoms with Gasteiger partial charge in [-0.2, -0.15) is 0 Å². The fourth-order valence-electron chi connectivity index (χ4n) is 3.21. The largest absolute Gasteiger partial charge is 0.497 e. The number of ether oxygens (including phenoxy) is 3. The molecule has 1 atom stereocenters. The average molecular weight is 503 g/mol. The quantitative estimate of drug-likeness (QED) is 0.280. The van der Waals surface area contributed by atoms with Crippen molar-refractivity contribution in [3.05, 3.63) is 65.5 Å². The van der Waals surface area contributed by atoms with Crippen LogP contribution in [0.25, 0.3) is 0 Å². The lowest BCUT2D eigenvalue weighted by Crippen LogP contribution is -2.16. The number of aromatic nitrogens is 3. The summed E-state index contributed by atoms with van der Waals surface area (Å²) in [6.45, 7) is 8.13. The van der Waals surface area contributed by atoms with Crippen LogP contribution in [0.2, 0.25) is 5.02 Å². The first-order chi connectivity index (χ1) is 16.4. The highest BCUT2D eigenvalue weighted by molar-refractivity contribution is 7.99. The molecule has 0 radical (unpaired) electrons. The number of nitrogens with one attached hydrogen (secondary N) is 1. The van der Waals surface area contributed by atoms with Gasteiger partial charge in [0.1, 0.15) is 17.2 Å². The lowest BCUT2D eigenvalue weighted by atomic mass is 10.2. The molecule has 0 spiro atoms. The molecule has 0 saturated carbocycles. The molecule has 0 bridgehead atoms. The van der Waals surface area contributed by atoms with Crippen LogP contribution in [0.1, 0.15) is 24.4 Å². The van der Waals surface area contributed by atoms with Gasteiger partial charge in [-0.3, -0.25) is 9.36 Å². The number of methoxy groups -OCH3 is 2. The summed E-state index contributed by atoms with van der Waals surface area (Å²) in [5, 5.41) is 12.7. The van der Waals surface area contributed by atoms with Crippen LogP contribution >= 0.6 is 23.4 Å². The molecular formula is C24H27ClN4O4S. The molecule has 8 nitrogen and oxygen atoms in total. The van der Waals surface area contributed by atoms with E-state index < -0.39 is 0 Å². The zero-order chi connectivity index (χ0) is 24.7. The van der Waals surface area contributed by atoms with Crippen molar-refractivity contribution in [3.63, 3.8) is 0 Å². The fraction of sp³-hybridized carbons (Fsp3) is 0.292. The molecule has 3 aromatic rings. The molecule has 0 saturated heterocycles. The molecule has 34 heavy (non-hydrogen) atoms. The standard InChI is InChI=1S/C24H27ClN4O4S/c1-6-11-29-23(16(3)33-20-10-7-17(25)12-15(20)2)27-28-24(29)34-14-22(30)26-19-9-8-18(31-4)13-21(19)32-5/h6-10,12-13,16H,1,11,14H2,2-5H3,(H,26,30). The maximum absolute atomic E-state index is 12.6. The molecule has 2 aromatic carbocycles. The number of thioether (sulfide) groups is 1. The number of benzene rings is 2. The summed E-state index contributed by atoms with van der Waals surface area (Å²) in [4.78, 5) is 12.6. The van der Waals surface area contributed by atoms with Crippen LogP contribution in [0.15, 0.2) is 54.2 Å². The molecule has 1 unspecified atom stereocenters. The first-order valence-corrected chi connectivity index (χ1v) is 11.8. The molecule has 0 aliphatic rings. The molecule has 0 fully saturated rings. The van der Waals surface area contributed by atoms with Crippen molar-refractivity contribution in [1.82, 2.24) is 14.8 Å². The number of anilines is 1. The third-order valence-corrected chi connectivity index (χ3v) is 6.08. The fourth-order valence-corrected chi connectivity index (χ4v) is 4.20. The number of hydrogen-bond donors (Lipinski definition) is 1. The highest BCUT2D eigenvalue weighted by Crippen LogP contribution is 2.30. The van der Waals surface area contributed by atoms with Crippen LogP contribution in [-0.4, -0.2) is 40.6 Å². The topological polar surface area (TPSA) is 87.5 Å². The Balaban J connectivity index is 1.69. The lowest BCUT2D eigenvalue weighted by molar-refractivity contribution is -0.113. The van der Waals surface area contributed by atoms with Gasteiger partial charge >= 0.3 is 0 Å². The van der Waals surface area contributed by atoms with Gasteiger partial charge in [-0.25, -0.2) is 0 Å². The number of hydrogen-bond acceptors (Lipinski definition) is 7. The van der Waals surface area contributed by atoms with Gasteiger partial charge in [0, 0.05) is 17.6 Å². The summed E-state index contributed by atoms with van der Waals surface area (Å²) in [5.74, 6) is 2.43. The van der Waals surface area contributed by atoms with Crippen molar-refractivity contribution < 1.29 is 19.0 Å². The predicted molar refractivity (Wildman–Crippen MR) is 134 cm³/mol. The number of aryl methyl sites for hydroxylation is 1. The molecule has 1 aromatic heterocycles. The van der Waals surface area contributed by atoms with E-state index in [1.165, 1.54) is 18.9 Å². The molecule has 10 heteroatoms. The zero-order valence-corrected chi connectivity index (χ0v) is 21.1. The summed E-state index contributed by atoms with van der Waals surface area (Å²) in [6, 6.07) is 10.6. The van der Waals surface area contributed by atoms with E-state index in [4.69, 9.17) is 25.8 Å². The normalized spacial score (nSPS) is 11.6. The monoisotopic (exact) mass is 502 g/mol. The van der Waals surface area contributed by atoms with Crippen LogP contribution in [0, 0.1) is 6.92 Å². The first kappa shape index (κ1) is 25.5. The highest BCUT2D eigenvalue weighted by atomic mass is 35.5. The Morgan fingerprint density at radius 3 is 2.68 bits per heavy atom. The van der Waals surface area contributed by atoms with Crippen molar-refractivity contribution in [2.75, 3.05) is 25.3 Å². The Morgan fingerprint density at radius 1 is 1.21 bits per heavy atom. The number of nitrogens with zero attached hydrogens (tertiary/aromatic N) is 3. The Bertz CT molecular complexity index is 1170. The predicted octanol–water partition coefficient (Wildman–Crippen LogP) is 5.31. The van der Waals surface area contributed by atoms with Crippen LogP contribution in [0.3, 0.4) is 0 Å². The third kappa shape index (κ3) is 6.24. The van der Waals surface area contributed by atoms with Crippen molar-refractivity contribution in [2.24, 2.45) is 0 Å². The van der Waals surface area contributed by atoms with Gasteiger partial charge in [-0.15, -0.1) is 16.8 Å². The number of rotatable bonds is 11. The minimum Gasteiger partial charge on any atom is -0.497 e. The van der Waals surface area contributed by atoms with Crippen LogP contribution in [-0.2, 0) is 11.3 Å². The second-order valence-electron chi connectivity index (χ2n) is 7.31. The maximum atomic E-state index is 12.6. The number of carbonyl (C=O) groups is 1. The van der Waals surface area contributed by atoms with E-state index in [-0.39, 0.29) is 17.8 Å². The second kappa shape index (κ2) is 11.8. The Morgan fingerprint density at radius 2 is 2.00 bits per heavy atom. The molecular weight excluding hydrogens is 476 g/mol. The molecule has 0 aliphatic carbocycles. The van der Waals surface area contributed by atoms with E-state index >= 15 is 0 Å². The van der Waals surface area contributed by atoms with Gasteiger partial charge in [0.05, 0.1) is 25.7 Å². The van der Waals surface area contributed by atoms with E-state index in [0.717, 1.165) is 5.56 Å². The minimum absolute atomic E-state index is 0.135. The van der Waals surface area contributed by atoms with E-state index in [9.17, 15) is 4.79 Å². The van der Waals surface area contributed by atoms with Crippen molar-refractivity contribution in [1.29, 1.82) is 0 Å². The Kier molecular flexibility index (Phi) is 8.84. The van der Waals surface area contributed by atoms with E-state index in [0.29, 0.717) is 45.5 Å². The lowest BCUT2D eigenvalue weighted by Gasteiger charge is -2.17. The van der Waals surface area contributed by atoms with Crippen molar-refractivity contribution in [2.45, 2.75) is 31.7 Å². The second-order valence-corrected chi connectivity index (χ2v) is 8.69. The maximum Gasteiger partial charge on any atom is 0.234 e. The van der Waals surface area contributed by atoms with Crippen LogP contribution < -0.4 is 19.5 Å². The molecule has 1 N–H and O–H groups in total. The molecule has 180 valence electrons. The summed E-state index contributed by atoms with van der Waals surface area (Å²) in [7, 11) is 3.10. The van der Waals surface area contributed by atoms with Crippen molar-refractivity contribution in [3.8, 4) is 17.2 Å². The van der Waals surface area contributed by atoms with Gasteiger partial charge in [0.15, 0.2) is 17.1 Å². The average Bonchev–Trinajstić information content (AvgIpc) is 3.22. The van der Waals surface area contributed by atoms with Gasteiger partial charge in [-0.1, -0.05) is 29.4 Å². The number of allylic oxidation sites excluding steroid dienone is 1. The summed E-state index contributed by atoms with van der Waals surface area (Å²) >= 11 is 7.32. The third-order valence-electron chi connectivity index (χ3n) is 4.88. The molecule has 1 amide bonds. The number of amides is 1. The van der Waals surface area contributed by atoms with E-state index in [2.05, 4.69) is 22.1 Å². The number of halogens is 1. The van der Waals surface area contributed by atoms with Gasteiger partial charge in [0.2, 0.25) is 5.91 Å². The smallest absolute Gasteiger partial charge is 0.234 e. The molecule has 3 rings (SSSR count). The van der Waals surface area contributed by atoms with Gasteiger partial charge in [0.25, 0.3) is 0 Å². The van der Waals surface area contributed by atoms with Gasteiger partial charge in [-0.05, 0) is 49.7 Å². The summed E-state index contributed by atoms with van der Waals surface area (Å²) < 4.78 is 18.5. The molecule has 1 heterocycles. The molecule has 0 aliphatic heterocycles. The SMILES string of the molecule is C=CCn1c(SCC(=O)Nc2ccc(OC)cc2OC)nnc1C(C)Oc1ccc(Cl)cc1C. The zero-order valence-electron chi connectivity index (χ0n) is 19.5. The highest BCUT2D eigenvalue weighted by Gasteiger charge is 2.20. The van der Waals surface area contributed by atoms with E-state index in [1.807, 2.05) is 30.5 Å². The first-order valence-electron chi connectivity index (χ1n) is 10.5. The van der Waals surface area contributed by atoms with Gasteiger partial charge < -0.3 is 19.5 Å². The summed E-state index contributed by atoms with van der Waals surface area (Å²) in [6.07, 6.45) is 1.37. The minimum atomic E-state index is -0.376. The Hall–Kier alpha value is -3.17. The van der Waals surface area contributed by atoms with Crippen molar-refractivity contribution >= 4 is 35.0 Å². The summed E-state index contributed by atoms with van der Waals surface area (Å²) in [5.41, 5.74) is 1.48.